The van der Waals surface area contributed by atoms with Crippen LogP contribution in [-0.4, -0.2) is 45.9 Å². The van der Waals surface area contributed by atoms with Gasteiger partial charge < -0.3 is 15.5 Å². The second-order valence-corrected chi connectivity index (χ2v) is 9.42. The highest BCUT2D eigenvalue weighted by atomic mass is 32.1. The van der Waals surface area contributed by atoms with Gasteiger partial charge in [0.2, 0.25) is 15.9 Å². The van der Waals surface area contributed by atoms with Gasteiger partial charge in [-0.25, -0.2) is 0 Å². The number of benzene rings is 2. The molecule has 2 N–H and O–H groups in total. The summed E-state index contributed by atoms with van der Waals surface area (Å²) in [7, 11) is 0. The first-order chi connectivity index (χ1) is 16.4. The molecular formula is C25H27N5O3S. The van der Waals surface area contributed by atoms with E-state index >= 15 is 0 Å². The number of carbonyl (C=O) groups is 3. The lowest BCUT2D eigenvalue weighted by Gasteiger charge is -2.31. The van der Waals surface area contributed by atoms with E-state index in [-0.39, 0.29) is 33.8 Å². The van der Waals surface area contributed by atoms with Gasteiger partial charge in [-0.3, -0.25) is 14.4 Å². The highest BCUT2D eigenvalue weighted by Crippen LogP contribution is 2.22. The zero-order chi connectivity index (χ0) is 24.1. The third-order valence-electron chi connectivity index (χ3n) is 5.92. The molecule has 1 aliphatic rings. The summed E-state index contributed by atoms with van der Waals surface area (Å²) in [5.74, 6) is -0.790. The zero-order valence-corrected chi connectivity index (χ0v) is 20.0. The summed E-state index contributed by atoms with van der Waals surface area (Å²) < 4.78 is 0. The van der Waals surface area contributed by atoms with Crippen LogP contribution in [0.4, 0.5) is 5.69 Å². The molecule has 2 heterocycles. The van der Waals surface area contributed by atoms with E-state index in [1.54, 1.807) is 17.0 Å². The van der Waals surface area contributed by atoms with Gasteiger partial charge in [0.25, 0.3) is 11.8 Å². The molecule has 34 heavy (non-hydrogen) atoms. The first-order valence-electron chi connectivity index (χ1n) is 11.3. The molecule has 4 rings (SSSR count). The summed E-state index contributed by atoms with van der Waals surface area (Å²) in [6.07, 6.45) is 1.16. The topological polar surface area (TPSA) is 104 Å². The Morgan fingerprint density at radius 2 is 1.62 bits per heavy atom. The maximum absolute atomic E-state index is 12.9. The average molecular weight is 478 g/mol. The molecule has 1 atom stereocenters. The van der Waals surface area contributed by atoms with Gasteiger partial charge in [0, 0.05) is 24.7 Å². The van der Waals surface area contributed by atoms with Gasteiger partial charge in [-0.1, -0.05) is 59.4 Å². The average Bonchev–Trinajstić information content (AvgIpc) is 3.36. The Morgan fingerprint density at radius 3 is 2.29 bits per heavy atom. The summed E-state index contributed by atoms with van der Waals surface area (Å²) in [4.78, 5) is 39.7. The maximum atomic E-state index is 12.9. The van der Waals surface area contributed by atoms with Crippen molar-refractivity contribution in [3.63, 3.8) is 0 Å². The third kappa shape index (κ3) is 5.66. The van der Waals surface area contributed by atoms with Gasteiger partial charge in [-0.2, -0.15) is 0 Å². The largest absolute Gasteiger partial charge is 0.349 e. The molecule has 1 fully saturated rings. The van der Waals surface area contributed by atoms with Crippen LogP contribution in [0.15, 0.2) is 54.6 Å². The number of hydrogen-bond donors (Lipinski definition) is 2. The van der Waals surface area contributed by atoms with Crippen molar-refractivity contribution in [1.82, 2.24) is 20.4 Å². The zero-order valence-electron chi connectivity index (χ0n) is 19.2. The smallest absolute Gasteiger partial charge is 0.286 e. The van der Waals surface area contributed by atoms with E-state index in [4.69, 9.17) is 0 Å². The van der Waals surface area contributed by atoms with E-state index in [2.05, 4.69) is 20.8 Å². The van der Waals surface area contributed by atoms with Crippen LogP contribution in [0, 0.1) is 12.8 Å². The van der Waals surface area contributed by atoms with Crippen molar-refractivity contribution in [3.8, 4) is 0 Å². The lowest BCUT2D eigenvalue weighted by molar-refractivity contribution is -0.127. The summed E-state index contributed by atoms with van der Waals surface area (Å²) >= 11 is 0.974. The van der Waals surface area contributed by atoms with Crippen molar-refractivity contribution in [2.45, 2.75) is 32.7 Å². The number of nitrogens with zero attached hydrogens (tertiary/aromatic N) is 3. The normalized spacial score (nSPS) is 14.9. The van der Waals surface area contributed by atoms with Crippen LogP contribution in [0.3, 0.4) is 0 Å². The molecule has 0 unspecified atom stereocenters. The molecule has 176 valence electrons. The van der Waals surface area contributed by atoms with E-state index < -0.39 is 5.91 Å². The van der Waals surface area contributed by atoms with Crippen molar-refractivity contribution in [1.29, 1.82) is 0 Å². The minimum atomic E-state index is -0.400. The van der Waals surface area contributed by atoms with Gasteiger partial charge in [0.1, 0.15) is 0 Å². The summed E-state index contributed by atoms with van der Waals surface area (Å²) in [5, 5.41) is 14.0. The fraction of sp³-hybridized carbons (Fsp3) is 0.320. The number of nitrogens with one attached hydrogen (secondary N) is 2. The second kappa shape index (κ2) is 10.6. The molecule has 1 saturated heterocycles. The quantitative estimate of drug-likeness (QED) is 0.562. The highest BCUT2D eigenvalue weighted by Gasteiger charge is 2.30. The predicted molar refractivity (Wildman–Crippen MR) is 131 cm³/mol. The van der Waals surface area contributed by atoms with Crippen LogP contribution >= 0.6 is 11.3 Å². The lowest BCUT2D eigenvalue weighted by atomic mass is 9.95. The molecule has 3 amide bonds. The van der Waals surface area contributed by atoms with Crippen molar-refractivity contribution in [2.24, 2.45) is 5.92 Å². The molecule has 8 nitrogen and oxygen atoms in total. The predicted octanol–water partition coefficient (Wildman–Crippen LogP) is 3.83. The number of piperidine rings is 1. The monoisotopic (exact) mass is 477 g/mol. The number of amides is 3. The summed E-state index contributed by atoms with van der Waals surface area (Å²) in [5.41, 5.74) is 2.80. The van der Waals surface area contributed by atoms with Crippen LogP contribution < -0.4 is 10.6 Å². The van der Waals surface area contributed by atoms with Gasteiger partial charge in [-0.15, -0.1) is 10.2 Å². The van der Waals surface area contributed by atoms with Crippen molar-refractivity contribution in [3.05, 3.63) is 75.7 Å². The molecule has 2 aromatic carbocycles. The highest BCUT2D eigenvalue weighted by molar-refractivity contribution is 7.15. The molecule has 0 radical (unpaired) electrons. The number of aryl methyl sites for hydroxylation is 1. The number of rotatable bonds is 6. The number of likely N-dealkylation sites (tertiary alicyclic amines) is 1. The van der Waals surface area contributed by atoms with Crippen LogP contribution in [0.5, 0.6) is 0 Å². The molecular weight excluding hydrogens is 450 g/mol. The van der Waals surface area contributed by atoms with Crippen molar-refractivity contribution in [2.75, 3.05) is 18.4 Å². The number of carbonyl (C=O) groups excluding carboxylic acids is 3. The Kier molecular flexibility index (Phi) is 7.32. The second-order valence-electron chi connectivity index (χ2n) is 8.44. The van der Waals surface area contributed by atoms with Crippen LogP contribution in [0.2, 0.25) is 0 Å². The van der Waals surface area contributed by atoms with E-state index in [0.29, 0.717) is 31.6 Å². The van der Waals surface area contributed by atoms with Crippen LogP contribution in [0.1, 0.15) is 56.5 Å². The van der Waals surface area contributed by atoms with Gasteiger partial charge >= 0.3 is 0 Å². The Balaban J connectivity index is 1.29. The third-order valence-corrected chi connectivity index (χ3v) is 6.83. The van der Waals surface area contributed by atoms with Gasteiger partial charge in [0.15, 0.2) is 0 Å². The molecule has 0 saturated carbocycles. The van der Waals surface area contributed by atoms with Crippen molar-refractivity contribution < 1.29 is 14.4 Å². The number of hydrogen-bond acceptors (Lipinski definition) is 6. The molecule has 1 aromatic heterocycles. The van der Waals surface area contributed by atoms with E-state index in [9.17, 15) is 14.4 Å². The molecule has 3 aromatic rings. The Morgan fingerprint density at radius 1 is 0.971 bits per heavy atom. The molecule has 0 aliphatic carbocycles. The fourth-order valence-corrected chi connectivity index (χ4v) is 4.57. The molecule has 0 spiro atoms. The minimum absolute atomic E-state index is 0.00873. The van der Waals surface area contributed by atoms with Gasteiger partial charge in [0.05, 0.1) is 6.04 Å². The molecule has 9 heteroatoms. The number of aromatic nitrogens is 2. The first kappa shape index (κ1) is 23.6. The SMILES string of the molecule is Cc1ccc(NC(=O)c2nnc(C(=O)N3CCC(C(=O)N[C@@H](C)c4ccccc4)CC3)s2)cc1. The Hall–Kier alpha value is -3.59. The number of anilines is 1. The van der Waals surface area contributed by atoms with Crippen LogP contribution in [0.25, 0.3) is 0 Å². The Bertz CT molecular complexity index is 1150. The van der Waals surface area contributed by atoms with E-state index in [1.807, 2.05) is 56.3 Å². The first-order valence-corrected chi connectivity index (χ1v) is 12.1. The van der Waals surface area contributed by atoms with Gasteiger partial charge in [-0.05, 0) is 44.4 Å². The lowest BCUT2D eigenvalue weighted by Crippen LogP contribution is -2.43. The van der Waals surface area contributed by atoms with Crippen molar-refractivity contribution >= 4 is 34.7 Å². The van der Waals surface area contributed by atoms with E-state index in [0.717, 1.165) is 22.5 Å². The summed E-state index contributed by atoms with van der Waals surface area (Å²) in [6.45, 7) is 4.85. The van der Waals surface area contributed by atoms with Crippen LogP contribution in [-0.2, 0) is 4.79 Å². The standard InChI is InChI=1S/C25H27N5O3S/c1-16-8-10-20(11-9-16)27-22(32)23-28-29-24(34-23)25(33)30-14-12-19(13-15-30)21(31)26-17(2)18-6-4-3-5-7-18/h3-11,17,19H,12-15H2,1-2H3,(H,26,31)(H,27,32)/t17-/m0/s1. The maximum Gasteiger partial charge on any atom is 0.286 e. The van der Waals surface area contributed by atoms with E-state index in [1.165, 1.54) is 0 Å². The molecule has 0 bridgehead atoms. The fourth-order valence-electron chi connectivity index (χ4n) is 3.86. The minimum Gasteiger partial charge on any atom is -0.349 e. The summed E-state index contributed by atoms with van der Waals surface area (Å²) in [6, 6.07) is 17.2. The Labute approximate surface area is 202 Å². The molecule has 1 aliphatic heterocycles.